The summed E-state index contributed by atoms with van der Waals surface area (Å²) in [4.78, 5) is 4.13. The Morgan fingerprint density at radius 3 is 1.80 bits per heavy atom. The summed E-state index contributed by atoms with van der Waals surface area (Å²) in [5, 5.41) is 43.4. The number of aromatic hydroxyl groups is 3. The van der Waals surface area contributed by atoms with Crippen molar-refractivity contribution in [2.45, 2.75) is 87.9 Å². The number of hydrogen-bond donors (Lipinski definition) is 5. The maximum atomic E-state index is 11.0. The Balaban J connectivity index is 0.000000178. The minimum atomic E-state index is 0.124. The summed E-state index contributed by atoms with van der Waals surface area (Å²) in [7, 11) is 0. The SMILES string of the molecule is OCCNCCN=Cc1cc(Cl)ccc1O.Oc1cc(C23CC4CC(CC(C4)C2)C3)cc(C23CC4CC(CC(C4)C2)C3)c1O.[O]=[V]. The standard InChI is InChI=1S/C26H34O2.C11H15ClN2O2.O.V/c27-23-8-21(25-9-15-1-16(10-25)3-17(2-15)11-25)7-22(24(23)28)26-12-18-4-19(13-26)6-20(5-18)14-26;12-10-1-2-11(16)9(7-10)8-14-4-3-13-5-6-15;;/h7-8,15-20,27-28H,1-6,9-14H2;1-2,7-8,13,15-16H,3-6H2;;. The van der Waals surface area contributed by atoms with Gasteiger partial charge in [0, 0.05) is 35.5 Å². The Hall–Kier alpha value is -1.90. The van der Waals surface area contributed by atoms with Crippen LogP contribution in [0.25, 0.3) is 0 Å². The van der Waals surface area contributed by atoms with Crippen molar-refractivity contribution < 1.29 is 41.5 Å². The Morgan fingerprint density at radius 2 is 1.28 bits per heavy atom. The number of benzene rings is 2. The molecule has 8 fully saturated rings. The third kappa shape index (κ3) is 6.96. The number of nitrogens with one attached hydrogen (secondary N) is 1. The number of hydrogen-bond acceptors (Lipinski definition) is 7. The zero-order valence-corrected chi connectivity index (χ0v) is 28.9. The van der Waals surface area contributed by atoms with Gasteiger partial charge in [0.25, 0.3) is 0 Å². The molecule has 9 heteroatoms. The molecule has 2 aromatic rings. The first-order valence-electron chi connectivity index (χ1n) is 17.3. The fourth-order valence-corrected chi connectivity index (χ4v) is 11.6. The molecule has 0 aliphatic heterocycles. The van der Waals surface area contributed by atoms with E-state index < -0.39 is 0 Å². The average molecular weight is 688 g/mol. The summed E-state index contributed by atoms with van der Waals surface area (Å²) in [6.07, 6.45) is 17.9. The van der Waals surface area contributed by atoms with Crippen LogP contribution in [0.2, 0.25) is 5.02 Å². The van der Waals surface area contributed by atoms with Crippen LogP contribution in [0.3, 0.4) is 0 Å². The van der Waals surface area contributed by atoms with E-state index in [-0.39, 0.29) is 34.7 Å². The molecule has 0 spiro atoms. The van der Waals surface area contributed by atoms with E-state index in [9.17, 15) is 15.3 Å². The maximum absolute atomic E-state index is 11.0. The molecule has 249 valence electrons. The zero-order valence-electron chi connectivity index (χ0n) is 26.7. The van der Waals surface area contributed by atoms with Gasteiger partial charge in [-0.3, -0.25) is 4.99 Å². The number of aliphatic hydroxyl groups is 1. The van der Waals surface area contributed by atoms with Crippen LogP contribution in [-0.4, -0.2) is 52.9 Å². The number of nitrogens with zero attached hydrogens (tertiary/aromatic N) is 1. The molecule has 0 amide bonds. The summed E-state index contributed by atoms with van der Waals surface area (Å²) in [5.74, 6) is 5.84. The first kappa shape index (κ1) is 34.0. The summed E-state index contributed by atoms with van der Waals surface area (Å²) in [6.45, 7) is 1.97. The molecule has 8 aliphatic rings. The van der Waals surface area contributed by atoms with Crippen molar-refractivity contribution in [3.05, 3.63) is 52.0 Å². The number of halogens is 1. The van der Waals surface area contributed by atoms with E-state index in [1.165, 1.54) is 88.7 Å². The second kappa shape index (κ2) is 14.3. The molecular weight excluding hydrogens is 639 g/mol. The molecule has 0 radical (unpaired) electrons. The number of phenols is 3. The predicted octanol–water partition coefficient (Wildman–Crippen LogP) is 6.96. The van der Waals surface area contributed by atoms with E-state index in [0.29, 0.717) is 30.2 Å². The van der Waals surface area contributed by atoms with Crippen molar-refractivity contribution in [2.75, 3.05) is 26.2 Å². The van der Waals surface area contributed by atoms with Crippen molar-refractivity contribution in [3.8, 4) is 17.2 Å². The van der Waals surface area contributed by atoms with E-state index >= 15 is 0 Å². The van der Waals surface area contributed by atoms with Crippen LogP contribution in [-0.2, 0) is 31.9 Å². The Morgan fingerprint density at radius 1 is 0.761 bits per heavy atom. The zero-order chi connectivity index (χ0) is 32.5. The van der Waals surface area contributed by atoms with Gasteiger partial charge in [0.2, 0.25) is 0 Å². The van der Waals surface area contributed by atoms with Gasteiger partial charge in [0.15, 0.2) is 11.5 Å². The van der Waals surface area contributed by atoms with Gasteiger partial charge in [-0.05, 0) is 153 Å². The summed E-state index contributed by atoms with van der Waals surface area (Å²) >= 11 is 6.85. The van der Waals surface area contributed by atoms with Crippen LogP contribution in [0.5, 0.6) is 17.2 Å². The van der Waals surface area contributed by atoms with Crippen molar-refractivity contribution in [1.82, 2.24) is 5.32 Å². The molecule has 0 atom stereocenters. The monoisotopic (exact) mass is 687 g/mol. The number of rotatable bonds is 8. The second-order valence-electron chi connectivity index (χ2n) is 15.5. The Bertz CT molecular complexity index is 1350. The van der Waals surface area contributed by atoms with Crippen LogP contribution in [0.1, 0.15) is 93.7 Å². The van der Waals surface area contributed by atoms with Crippen LogP contribution in [0, 0.1) is 35.5 Å². The van der Waals surface area contributed by atoms with E-state index in [4.69, 9.17) is 20.4 Å². The van der Waals surface area contributed by atoms with Gasteiger partial charge in [-0.1, -0.05) is 17.7 Å². The van der Waals surface area contributed by atoms with E-state index in [2.05, 4.69) is 16.4 Å². The van der Waals surface area contributed by atoms with Gasteiger partial charge in [0.1, 0.15) is 5.75 Å². The summed E-state index contributed by atoms with van der Waals surface area (Å²) in [6, 6.07) is 9.19. The molecule has 0 heterocycles. The first-order valence-corrected chi connectivity index (χ1v) is 18.2. The van der Waals surface area contributed by atoms with Gasteiger partial charge < -0.3 is 25.7 Å². The number of aliphatic hydroxyl groups excluding tert-OH is 1. The Labute approximate surface area is 287 Å². The van der Waals surface area contributed by atoms with Crippen molar-refractivity contribution >= 4 is 17.8 Å². The average Bonchev–Trinajstić information content (AvgIpc) is 3.02. The molecule has 0 saturated heterocycles. The molecule has 10 rings (SSSR count). The molecule has 0 unspecified atom stereocenters. The van der Waals surface area contributed by atoms with Gasteiger partial charge in [-0.25, -0.2) is 0 Å². The predicted molar refractivity (Wildman–Crippen MR) is 176 cm³/mol. The van der Waals surface area contributed by atoms with Gasteiger partial charge in [0.05, 0.1) is 13.2 Å². The van der Waals surface area contributed by atoms with Crippen molar-refractivity contribution in [3.63, 3.8) is 0 Å². The van der Waals surface area contributed by atoms with Crippen LogP contribution in [0.15, 0.2) is 35.3 Å². The molecule has 0 aromatic heterocycles. The summed E-state index contributed by atoms with van der Waals surface area (Å²) < 4.78 is 8.19. The fraction of sp³-hybridized carbons (Fsp3) is 0.649. The Kier molecular flexibility index (Phi) is 10.6. The van der Waals surface area contributed by atoms with Crippen LogP contribution in [0.4, 0.5) is 0 Å². The third-order valence-corrected chi connectivity index (χ3v) is 12.5. The molecule has 2 aromatic carbocycles. The van der Waals surface area contributed by atoms with Gasteiger partial charge in [-0.15, -0.1) is 0 Å². The number of aliphatic imine (C=N–C) groups is 1. The van der Waals surface area contributed by atoms with E-state index in [1.807, 2.05) is 6.07 Å². The molecule has 7 nitrogen and oxygen atoms in total. The van der Waals surface area contributed by atoms with Crippen LogP contribution >= 0.6 is 11.6 Å². The molecule has 8 bridgehead atoms. The minimum absolute atomic E-state index is 0.124. The molecule has 5 N–H and O–H groups in total. The quantitative estimate of drug-likeness (QED) is 0.116. The summed E-state index contributed by atoms with van der Waals surface area (Å²) in [5.41, 5.74) is 3.56. The van der Waals surface area contributed by atoms with Gasteiger partial charge >= 0.3 is 21.0 Å². The topological polar surface area (TPSA) is 122 Å². The van der Waals surface area contributed by atoms with E-state index in [0.717, 1.165) is 58.4 Å². The van der Waals surface area contributed by atoms with Crippen molar-refractivity contribution in [2.24, 2.45) is 40.5 Å². The molecular formula is C37H49ClN2O5V. The van der Waals surface area contributed by atoms with E-state index in [1.54, 1.807) is 18.3 Å². The normalized spacial score (nSPS) is 34.6. The number of phenolic OH excluding ortho intramolecular Hbond substituents is 3. The van der Waals surface area contributed by atoms with Crippen LogP contribution < -0.4 is 5.32 Å². The van der Waals surface area contributed by atoms with Crippen molar-refractivity contribution in [1.29, 1.82) is 0 Å². The van der Waals surface area contributed by atoms with Gasteiger partial charge in [-0.2, -0.15) is 0 Å². The molecule has 46 heavy (non-hydrogen) atoms. The molecule has 8 saturated carbocycles. The molecule has 8 aliphatic carbocycles. The first-order chi connectivity index (χ1) is 22.2. The second-order valence-corrected chi connectivity index (χ2v) is 15.9. The third-order valence-electron chi connectivity index (χ3n) is 12.3. The fourth-order valence-electron chi connectivity index (χ4n) is 11.4.